The molecule has 5 aromatic carbocycles. The first kappa shape index (κ1) is 36.2. The molecular weight excluding hydrogens is 732 g/mol. The number of halogens is 1. The Labute approximate surface area is 316 Å². The number of nitrogens with zero attached hydrogens (tertiary/aromatic N) is 5. The van der Waals surface area contributed by atoms with E-state index in [1.807, 2.05) is 66.7 Å². The highest BCUT2D eigenvalue weighted by molar-refractivity contribution is 7.99. The molecule has 53 heavy (non-hydrogen) atoms. The molecule has 0 bridgehead atoms. The van der Waals surface area contributed by atoms with Gasteiger partial charge in [-0.1, -0.05) is 66.2 Å². The van der Waals surface area contributed by atoms with Gasteiger partial charge in [-0.15, -0.1) is 11.8 Å². The van der Waals surface area contributed by atoms with Crippen molar-refractivity contribution in [3.63, 3.8) is 0 Å². The van der Waals surface area contributed by atoms with Gasteiger partial charge in [0.2, 0.25) is 0 Å². The van der Waals surface area contributed by atoms with Crippen molar-refractivity contribution in [1.82, 2.24) is 14.9 Å². The summed E-state index contributed by atoms with van der Waals surface area (Å²) < 4.78 is 35.1. The monoisotopic (exact) mass is 766 g/mol. The molecule has 2 heterocycles. The Balaban J connectivity index is 0.999. The average Bonchev–Trinajstić information content (AvgIpc) is 3.17. The maximum Gasteiger partial charge on any atom is 0.312 e. The second-order valence-corrected chi connectivity index (χ2v) is 15.6. The lowest BCUT2D eigenvalue weighted by Gasteiger charge is -2.36. The van der Waals surface area contributed by atoms with Gasteiger partial charge in [0.25, 0.3) is 10.0 Å². The van der Waals surface area contributed by atoms with Gasteiger partial charge in [0, 0.05) is 65.5 Å². The summed E-state index contributed by atoms with van der Waals surface area (Å²) in [5, 5.41) is 13.1. The maximum absolute atomic E-state index is 13.5. The van der Waals surface area contributed by atoms with Crippen LogP contribution >= 0.6 is 23.4 Å². The van der Waals surface area contributed by atoms with Gasteiger partial charge in [-0.2, -0.15) is 0 Å². The van der Waals surface area contributed by atoms with Crippen LogP contribution in [0.2, 0.25) is 5.02 Å². The number of nitro groups is 1. The van der Waals surface area contributed by atoms with Gasteiger partial charge in [0.15, 0.2) is 11.6 Å². The number of fused-ring (bicyclic) bond motifs is 1. The van der Waals surface area contributed by atoms with Crippen molar-refractivity contribution in [3.05, 3.63) is 142 Å². The lowest BCUT2D eigenvalue weighted by molar-refractivity contribution is -0.386. The Bertz CT molecular complexity index is 2340. The summed E-state index contributed by atoms with van der Waals surface area (Å²) in [6.45, 7) is 4.38. The number of nitrogens with one attached hydrogen (secondary N) is 1. The Kier molecular flexibility index (Phi) is 11.1. The molecule has 7 rings (SSSR count). The molecule has 0 atom stereocenters. The molecule has 0 aliphatic carbocycles. The van der Waals surface area contributed by atoms with E-state index in [2.05, 4.69) is 48.8 Å². The molecule has 0 amide bonds. The van der Waals surface area contributed by atoms with Crippen LogP contribution in [0.25, 0.3) is 22.0 Å². The van der Waals surface area contributed by atoms with E-state index < -0.39 is 20.6 Å². The molecule has 1 N–H and O–H groups in total. The molecule has 0 radical (unpaired) electrons. The van der Waals surface area contributed by atoms with E-state index in [4.69, 9.17) is 16.3 Å². The second-order valence-electron chi connectivity index (χ2n) is 12.4. The highest BCUT2D eigenvalue weighted by atomic mass is 35.5. The van der Waals surface area contributed by atoms with Crippen LogP contribution in [0.5, 0.6) is 5.75 Å². The van der Waals surface area contributed by atoms with Gasteiger partial charge in [0.1, 0.15) is 6.33 Å². The number of benzene rings is 5. The average molecular weight is 767 g/mol. The second kappa shape index (κ2) is 16.2. The topological polar surface area (TPSA) is 131 Å². The zero-order chi connectivity index (χ0) is 36.8. The summed E-state index contributed by atoms with van der Waals surface area (Å²) in [5.74, 6) is 0.625. The fourth-order valence-electron chi connectivity index (χ4n) is 6.24. The van der Waals surface area contributed by atoms with Crippen molar-refractivity contribution in [2.24, 2.45) is 0 Å². The van der Waals surface area contributed by atoms with Crippen molar-refractivity contribution in [2.75, 3.05) is 48.2 Å². The maximum atomic E-state index is 13.5. The first-order valence-corrected chi connectivity index (χ1v) is 19.8. The Morgan fingerprint density at radius 3 is 2.40 bits per heavy atom. The zero-order valence-corrected chi connectivity index (χ0v) is 30.9. The molecule has 6 aromatic rings. The van der Waals surface area contributed by atoms with Crippen LogP contribution in [0, 0.1) is 10.1 Å². The number of nitro benzene ring substituents is 1. The summed E-state index contributed by atoms with van der Waals surface area (Å²) in [4.78, 5) is 25.4. The SMILES string of the molecule is O=[N+]([O-])c1cc(S(=O)(=O)Nc2ncnc3cc(N4CCN(Cc5ccccc5-c5ccc(Cl)cc5)CC4)ccc23)ccc1OCCSc1ccccc1. The van der Waals surface area contributed by atoms with Crippen molar-refractivity contribution in [1.29, 1.82) is 0 Å². The molecule has 1 aromatic heterocycles. The van der Waals surface area contributed by atoms with Crippen molar-refractivity contribution in [3.8, 4) is 16.9 Å². The van der Waals surface area contributed by atoms with Crippen LogP contribution in [0.4, 0.5) is 17.2 Å². The van der Waals surface area contributed by atoms with Crippen LogP contribution in [0.3, 0.4) is 0 Å². The zero-order valence-electron chi connectivity index (χ0n) is 28.5. The van der Waals surface area contributed by atoms with E-state index in [1.54, 1.807) is 17.8 Å². The minimum absolute atomic E-state index is 0.00814. The first-order chi connectivity index (χ1) is 25.7. The number of rotatable bonds is 13. The van der Waals surface area contributed by atoms with Crippen molar-refractivity contribution < 1.29 is 18.1 Å². The first-order valence-electron chi connectivity index (χ1n) is 16.9. The van der Waals surface area contributed by atoms with Crippen molar-refractivity contribution in [2.45, 2.75) is 16.3 Å². The largest absolute Gasteiger partial charge is 0.486 e. The molecule has 11 nitrogen and oxygen atoms in total. The molecule has 0 saturated carbocycles. The molecule has 1 fully saturated rings. The summed E-state index contributed by atoms with van der Waals surface area (Å²) in [7, 11) is -4.25. The molecule has 14 heteroatoms. The molecule has 1 aliphatic heterocycles. The van der Waals surface area contributed by atoms with Crippen molar-refractivity contribution >= 4 is 61.5 Å². The van der Waals surface area contributed by atoms with E-state index in [-0.39, 0.29) is 23.1 Å². The number of hydrogen-bond acceptors (Lipinski definition) is 10. The summed E-state index contributed by atoms with van der Waals surface area (Å²) >= 11 is 7.67. The summed E-state index contributed by atoms with van der Waals surface area (Å²) in [5.41, 5.74) is 4.68. The van der Waals surface area contributed by atoms with Gasteiger partial charge in [-0.25, -0.2) is 18.4 Å². The molecule has 1 saturated heterocycles. The molecule has 1 aliphatic rings. The minimum Gasteiger partial charge on any atom is -0.486 e. The number of ether oxygens (including phenoxy) is 1. The lowest BCUT2D eigenvalue weighted by atomic mass is 9.99. The predicted octanol–water partition coefficient (Wildman–Crippen LogP) is 8.15. The standard InChI is InChI=1S/C39H35ClN6O5S2/c40-30-12-10-28(11-13-30)34-9-5-4-6-29(34)26-44-18-20-45(21-19-44)31-14-16-35-36(24-31)41-27-42-39(35)43-53(49,50)33-15-17-38(37(25-33)46(47)48)51-22-23-52-32-7-2-1-3-8-32/h1-17,24-25,27H,18-23,26H2,(H,41,42,43). The third kappa shape index (κ3) is 8.71. The van der Waals surface area contributed by atoms with Crippen LogP contribution in [0.1, 0.15) is 5.56 Å². The number of piperazine rings is 1. The van der Waals surface area contributed by atoms with E-state index >= 15 is 0 Å². The smallest absolute Gasteiger partial charge is 0.312 e. The van der Waals surface area contributed by atoms with Gasteiger partial charge in [0.05, 0.1) is 21.9 Å². The van der Waals surface area contributed by atoms with E-state index in [0.29, 0.717) is 21.7 Å². The van der Waals surface area contributed by atoms with E-state index in [1.165, 1.54) is 29.6 Å². The van der Waals surface area contributed by atoms with Crippen LogP contribution in [-0.2, 0) is 16.6 Å². The third-order valence-electron chi connectivity index (χ3n) is 8.95. The fourth-order valence-corrected chi connectivity index (χ4v) is 8.17. The number of aromatic nitrogens is 2. The normalized spacial score (nSPS) is 13.6. The molecular formula is C39H35ClN6O5S2. The minimum atomic E-state index is -4.25. The van der Waals surface area contributed by atoms with Crippen LogP contribution in [-0.4, -0.2) is 66.7 Å². The van der Waals surface area contributed by atoms with E-state index in [0.717, 1.165) is 54.9 Å². The number of sulfonamides is 1. The Morgan fingerprint density at radius 1 is 0.868 bits per heavy atom. The van der Waals surface area contributed by atoms with Gasteiger partial charge in [-0.05, 0) is 71.3 Å². The predicted molar refractivity (Wildman–Crippen MR) is 210 cm³/mol. The Hall–Kier alpha value is -5.21. The molecule has 0 unspecified atom stereocenters. The van der Waals surface area contributed by atoms with Gasteiger partial charge < -0.3 is 9.64 Å². The van der Waals surface area contributed by atoms with E-state index in [9.17, 15) is 18.5 Å². The van der Waals surface area contributed by atoms with Crippen LogP contribution in [0.15, 0.2) is 131 Å². The number of anilines is 2. The Morgan fingerprint density at radius 2 is 1.62 bits per heavy atom. The summed E-state index contributed by atoms with van der Waals surface area (Å²) in [6.07, 6.45) is 1.30. The van der Waals surface area contributed by atoms with Crippen LogP contribution < -0.4 is 14.4 Å². The molecule has 0 spiro atoms. The highest BCUT2D eigenvalue weighted by Gasteiger charge is 2.24. The highest BCUT2D eigenvalue weighted by Crippen LogP contribution is 2.33. The van der Waals surface area contributed by atoms with Gasteiger partial charge in [-0.3, -0.25) is 19.7 Å². The quantitative estimate of drug-likeness (QED) is 0.0532. The number of hydrogen-bond donors (Lipinski definition) is 1. The number of thioether (sulfide) groups is 1. The fraction of sp³-hybridized carbons (Fsp3) is 0.179. The summed E-state index contributed by atoms with van der Waals surface area (Å²) in [6, 6.07) is 35.3. The third-order valence-corrected chi connectivity index (χ3v) is 11.5. The molecule has 270 valence electrons. The van der Waals surface area contributed by atoms with Gasteiger partial charge >= 0.3 is 5.69 Å². The lowest BCUT2D eigenvalue weighted by Crippen LogP contribution is -2.46.